The van der Waals surface area contributed by atoms with Crippen molar-refractivity contribution in [3.8, 4) is 0 Å². The second-order valence-electron chi connectivity index (χ2n) is 6.05. The molecule has 1 aliphatic rings. The lowest BCUT2D eigenvalue weighted by Gasteiger charge is -2.11. The third-order valence-corrected chi connectivity index (χ3v) is 4.72. The minimum absolute atomic E-state index is 0.000814. The van der Waals surface area contributed by atoms with E-state index in [4.69, 9.17) is 0 Å². The summed E-state index contributed by atoms with van der Waals surface area (Å²) in [5.41, 5.74) is 2.67. The number of amidine groups is 1. The number of hydrogen-bond acceptors (Lipinski definition) is 7. The lowest BCUT2D eigenvalue weighted by Crippen LogP contribution is -2.19. The number of anilines is 1. The highest BCUT2D eigenvalue weighted by molar-refractivity contribution is 8.18. The van der Waals surface area contributed by atoms with Crippen LogP contribution in [0, 0.1) is 10.1 Å². The number of nitrogens with zero attached hydrogens (tertiary/aromatic N) is 4. The molecule has 3 rings (SSSR count). The van der Waals surface area contributed by atoms with Crippen LogP contribution >= 0.6 is 11.8 Å². The molecule has 0 atom stereocenters. The van der Waals surface area contributed by atoms with Crippen LogP contribution in [0.4, 0.5) is 11.4 Å². The number of nitro groups is 1. The van der Waals surface area contributed by atoms with E-state index in [1.54, 1.807) is 24.4 Å². The Morgan fingerprint density at radius 2 is 1.71 bits per heavy atom. The predicted octanol–water partition coefficient (Wildman–Crippen LogP) is 3.25. The molecule has 0 aromatic heterocycles. The van der Waals surface area contributed by atoms with Crippen LogP contribution in [0.5, 0.6) is 0 Å². The van der Waals surface area contributed by atoms with Crippen LogP contribution in [0.15, 0.2) is 63.6 Å². The molecule has 1 heterocycles. The monoisotopic (exact) mass is 395 g/mol. The maximum Gasteiger partial charge on any atom is 0.269 e. The molecular weight excluding hydrogens is 378 g/mol. The number of nitro benzene ring substituents is 1. The fourth-order valence-electron chi connectivity index (χ4n) is 2.33. The van der Waals surface area contributed by atoms with Gasteiger partial charge in [0.1, 0.15) is 0 Å². The van der Waals surface area contributed by atoms with Crippen LogP contribution in [0.1, 0.15) is 11.1 Å². The van der Waals surface area contributed by atoms with Gasteiger partial charge in [0, 0.05) is 31.9 Å². The van der Waals surface area contributed by atoms with Gasteiger partial charge in [-0.1, -0.05) is 12.1 Å². The molecule has 2 aromatic carbocycles. The number of carbonyl (C=O) groups excluding carboxylic acids is 1. The quantitative estimate of drug-likeness (QED) is 0.362. The molecular formula is C19H17N5O3S. The summed E-state index contributed by atoms with van der Waals surface area (Å²) in [6.45, 7) is 0. The van der Waals surface area contributed by atoms with Crippen molar-refractivity contribution in [1.29, 1.82) is 0 Å². The number of benzene rings is 2. The molecule has 0 unspecified atom stereocenters. The van der Waals surface area contributed by atoms with Crippen molar-refractivity contribution in [2.75, 3.05) is 19.0 Å². The molecule has 142 valence electrons. The molecule has 8 nitrogen and oxygen atoms in total. The molecule has 0 radical (unpaired) electrons. The molecule has 28 heavy (non-hydrogen) atoms. The van der Waals surface area contributed by atoms with Gasteiger partial charge in [-0.2, -0.15) is 5.10 Å². The third-order valence-electron chi connectivity index (χ3n) is 3.82. The van der Waals surface area contributed by atoms with Crippen molar-refractivity contribution < 1.29 is 9.72 Å². The molecule has 9 heteroatoms. The highest BCUT2D eigenvalue weighted by Crippen LogP contribution is 2.26. The molecule has 0 saturated carbocycles. The topological polar surface area (TPSA) is 100 Å². The van der Waals surface area contributed by atoms with Crippen molar-refractivity contribution in [1.82, 2.24) is 5.32 Å². The van der Waals surface area contributed by atoms with E-state index >= 15 is 0 Å². The van der Waals surface area contributed by atoms with Gasteiger partial charge < -0.3 is 4.90 Å². The Kier molecular flexibility index (Phi) is 5.85. The normalized spacial score (nSPS) is 16.7. The highest BCUT2D eigenvalue weighted by atomic mass is 32.2. The van der Waals surface area contributed by atoms with Crippen molar-refractivity contribution in [3.05, 3.63) is 74.7 Å². The predicted molar refractivity (Wildman–Crippen MR) is 113 cm³/mol. The van der Waals surface area contributed by atoms with Gasteiger partial charge >= 0.3 is 0 Å². The van der Waals surface area contributed by atoms with Crippen LogP contribution < -0.4 is 10.2 Å². The summed E-state index contributed by atoms with van der Waals surface area (Å²) in [6, 6.07) is 13.8. The van der Waals surface area contributed by atoms with E-state index in [2.05, 4.69) is 15.5 Å². The van der Waals surface area contributed by atoms with Gasteiger partial charge in [0.05, 0.1) is 16.0 Å². The molecule has 2 aromatic rings. The zero-order chi connectivity index (χ0) is 20.1. The first-order valence-corrected chi connectivity index (χ1v) is 9.08. The standard InChI is InChI=1S/C19H17N5O3S/c1-23(2)15-7-5-14(6-8-15)12-20-22-19-21-18(25)17(28-19)11-13-3-9-16(10-4-13)24(26)27/h3-12H,1-2H3,(H,21,22,25). The van der Waals surface area contributed by atoms with E-state index in [0.29, 0.717) is 15.6 Å². The lowest BCUT2D eigenvalue weighted by atomic mass is 10.2. The largest absolute Gasteiger partial charge is 0.378 e. The molecule has 1 saturated heterocycles. The average molecular weight is 395 g/mol. The maximum atomic E-state index is 12.1. The fraction of sp³-hybridized carbons (Fsp3) is 0.105. The van der Waals surface area contributed by atoms with E-state index in [1.165, 1.54) is 12.1 Å². The minimum atomic E-state index is -0.467. The van der Waals surface area contributed by atoms with E-state index in [9.17, 15) is 14.9 Å². The zero-order valence-electron chi connectivity index (χ0n) is 15.2. The Bertz CT molecular complexity index is 980. The fourth-order valence-corrected chi connectivity index (χ4v) is 3.10. The summed E-state index contributed by atoms with van der Waals surface area (Å²) in [5.74, 6) is -0.285. The van der Waals surface area contributed by atoms with Crippen LogP contribution in [0.25, 0.3) is 6.08 Å². The second-order valence-corrected chi connectivity index (χ2v) is 7.08. The molecule has 0 spiro atoms. The Balaban J connectivity index is 1.66. The summed E-state index contributed by atoms with van der Waals surface area (Å²) in [4.78, 5) is 24.7. The van der Waals surface area contributed by atoms with Crippen LogP contribution in [0.2, 0.25) is 0 Å². The van der Waals surface area contributed by atoms with Crippen LogP contribution in [-0.4, -0.2) is 36.3 Å². The van der Waals surface area contributed by atoms with Crippen LogP contribution in [0.3, 0.4) is 0 Å². The Hall–Kier alpha value is -3.46. The number of amides is 1. The first kappa shape index (κ1) is 19.3. The molecule has 0 bridgehead atoms. The zero-order valence-corrected chi connectivity index (χ0v) is 16.0. The molecule has 1 amide bonds. The number of non-ortho nitro benzene ring substituents is 1. The van der Waals surface area contributed by atoms with E-state index < -0.39 is 4.92 Å². The van der Waals surface area contributed by atoms with E-state index in [1.807, 2.05) is 43.3 Å². The Morgan fingerprint density at radius 1 is 1.07 bits per heavy atom. The molecule has 0 aliphatic carbocycles. The second kappa shape index (κ2) is 8.49. The maximum absolute atomic E-state index is 12.1. The van der Waals surface area contributed by atoms with Gasteiger partial charge in [0.2, 0.25) is 0 Å². The van der Waals surface area contributed by atoms with Crippen molar-refractivity contribution in [3.63, 3.8) is 0 Å². The molecule has 1 N–H and O–H groups in total. The minimum Gasteiger partial charge on any atom is -0.378 e. The molecule has 1 aliphatic heterocycles. The Labute approximate surface area is 165 Å². The smallest absolute Gasteiger partial charge is 0.269 e. The number of thioether (sulfide) groups is 1. The van der Waals surface area contributed by atoms with Crippen molar-refractivity contribution >= 4 is 46.5 Å². The van der Waals surface area contributed by atoms with Gasteiger partial charge in [-0.3, -0.25) is 20.2 Å². The van der Waals surface area contributed by atoms with Gasteiger partial charge in [0.15, 0.2) is 5.17 Å². The average Bonchev–Trinajstić information content (AvgIpc) is 3.02. The lowest BCUT2D eigenvalue weighted by molar-refractivity contribution is -0.384. The van der Waals surface area contributed by atoms with Crippen molar-refractivity contribution in [2.45, 2.75) is 0 Å². The molecule has 1 fully saturated rings. The summed E-state index contributed by atoms with van der Waals surface area (Å²) >= 11 is 1.16. The first-order chi connectivity index (χ1) is 13.4. The van der Waals surface area contributed by atoms with Crippen LogP contribution in [-0.2, 0) is 4.79 Å². The van der Waals surface area contributed by atoms with Gasteiger partial charge in [-0.05, 0) is 53.2 Å². The van der Waals surface area contributed by atoms with Gasteiger partial charge in [-0.25, -0.2) is 0 Å². The summed E-state index contributed by atoms with van der Waals surface area (Å²) in [7, 11) is 3.94. The van der Waals surface area contributed by atoms with E-state index in [-0.39, 0.29) is 11.6 Å². The number of hydrogen-bond donors (Lipinski definition) is 1. The summed E-state index contributed by atoms with van der Waals surface area (Å²) in [6.07, 6.45) is 3.26. The van der Waals surface area contributed by atoms with Gasteiger partial charge in [0.25, 0.3) is 11.6 Å². The number of rotatable bonds is 5. The SMILES string of the molecule is CN(C)c1ccc(C=N/N=C2\NC(=O)C(=Cc3ccc([N+](=O)[O-])cc3)S2)cc1. The first-order valence-electron chi connectivity index (χ1n) is 8.26. The Morgan fingerprint density at radius 3 is 2.32 bits per heavy atom. The van der Waals surface area contributed by atoms with Gasteiger partial charge in [-0.15, -0.1) is 5.10 Å². The van der Waals surface area contributed by atoms with Crippen molar-refractivity contribution in [2.24, 2.45) is 10.2 Å². The third kappa shape index (κ3) is 4.83. The summed E-state index contributed by atoms with van der Waals surface area (Å²) in [5, 5.41) is 21.8. The van der Waals surface area contributed by atoms with E-state index in [0.717, 1.165) is 23.0 Å². The summed E-state index contributed by atoms with van der Waals surface area (Å²) < 4.78 is 0. The number of nitrogens with one attached hydrogen (secondary N) is 1. The number of carbonyl (C=O) groups is 1. The highest BCUT2D eigenvalue weighted by Gasteiger charge is 2.23.